The van der Waals surface area contributed by atoms with Crippen molar-refractivity contribution in [1.29, 1.82) is 0 Å². The number of hydrogen-bond donors (Lipinski definition) is 0. The maximum absolute atomic E-state index is 12.6. The summed E-state index contributed by atoms with van der Waals surface area (Å²) in [5.41, 5.74) is 2.76. The van der Waals surface area contributed by atoms with Crippen molar-refractivity contribution in [3.05, 3.63) is 95.5 Å². The third-order valence-corrected chi connectivity index (χ3v) is 4.59. The average Bonchev–Trinajstić information content (AvgIpc) is 3.18. The van der Waals surface area contributed by atoms with E-state index in [2.05, 4.69) is 5.10 Å². The molecule has 0 aliphatic rings. The van der Waals surface area contributed by atoms with E-state index in [9.17, 15) is 4.79 Å². The SMILES string of the molecule is COc1ccc(-n2nc(-c3ccccc3)cc2OC(=O)c2ccc(Cl)cc2)cc1. The largest absolute Gasteiger partial charge is 0.497 e. The molecule has 144 valence electrons. The Morgan fingerprint density at radius 3 is 2.28 bits per heavy atom. The topological polar surface area (TPSA) is 53.4 Å². The Morgan fingerprint density at radius 2 is 1.62 bits per heavy atom. The van der Waals surface area contributed by atoms with Gasteiger partial charge in [-0.1, -0.05) is 41.9 Å². The molecule has 0 N–H and O–H groups in total. The van der Waals surface area contributed by atoms with Crippen molar-refractivity contribution in [1.82, 2.24) is 9.78 Å². The van der Waals surface area contributed by atoms with Gasteiger partial charge in [-0.25, -0.2) is 4.79 Å². The van der Waals surface area contributed by atoms with Crippen LogP contribution < -0.4 is 9.47 Å². The van der Waals surface area contributed by atoms with Crippen LogP contribution in [0, 0.1) is 0 Å². The van der Waals surface area contributed by atoms with Gasteiger partial charge in [0.15, 0.2) is 0 Å². The molecule has 0 unspecified atom stereocenters. The second kappa shape index (κ2) is 8.20. The number of nitrogens with zero attached hydrogens (tertiary/aromatic N) is 2. The molecule has 3 aromatic carbocycles. The molecular weight excluding hydrogens is 388 g/mol. The van der Waals surface area contributed by atoms with Gasteiger partial charge in [0.05, 0.1) is 24.1 Å². The minimum absolute atomic E-state index is 0.314. The molecule has 0 bridgehead atoms. The van der Waals surface area contributed by atoms with Crippen LogP contribution in [0.5, 0.6) is 11.6 Å². The van der Waals surface area contributed by atoms with E-state index in [1.807, 2.05) is 54.6 Å². The predicted octanol–water partition coefficient (Wildman–Crippen LogP) is 5.42. The summed E-state index contributed by atoms with van der Waals surface area (Å²) in [6.45, 7) is 0. The van der Waals surface area contributed by atoms with Gasteiger partial charge in [-0.15, -0.1) is 0 Å². The second-order valence-electron chi connectivity index (χ2n) is 6.24. The number of methoxy groups -OCH3 is 1. The Hall–Kier alpha value is -3.57. The highest BCUT2D eigenvalue weighted by Crippen LogP contribution is 2.28. The molecule has 0 amide bonds. The number of carbonyl (C=O) groups is 1. The van der Waals surface area contributed by atoms with E-state index in [1.165, 1.54) is 0 Å². The van der Waals surface area contributed by atoms with Crippen molar-refractivity contribution in [2.75, 3.05) is 7.11 Å². The number of halogens is 1. The molecule has 0 saturated carbocycles. The van der Waals surface area contributed by atoms with E-state index in [4.69, 9.17) is 21.1 Å². The first kappa shape index (κ1) is 18.8. The maximum Gasteiger partial charge on any atom is 0.344 e. The number of carbonyl (C=O) groups excluding carboxylic acids is 1. The van der Waals surface area contributed by atoms with Crippen LogP contribution in [0.2, 0.25) is 5.02 Å². The van der Waals surface area contributed by atoms with Crippen molar-refractivity contribution in [3.63, 3.8) is 0 Å². The molecule has 0 aliphatic carbocycles. The molecule has 0 saturated heterocycles. The molecule has 0 spiro atoms. The van der Waals surface area contributed by atoms with Crippen molar-refractivity contribution in [3.8, 4) is 28.6 Å². The molecule has 5 nitrogen and oxygen atoms in total. The summed E-state index contributed by atoms with van der Waals surface area (Å²) in [7, 11) is 1.61. The molecule has 4 rings (SSSR count). The first-order valence-corrected chi connectivity index (χ1v) is 9.29. The van der Waals surface area contributed by atoms with Gasteiger partial charge in [-0.3, -0.25) is 0 Å². The van der Waals surface area contributed by atoms with Gasteiger partial charge in [0, 0.05) is 16.7 Å². The lowest BCUT2D eigenvalue weighted by molar-refractivity contribution is 0.0723. The van der Waals surface area contributed by atoms with Crippen molar-refractivity contribution in [2.24, 2.45) is 0 Å². The fourth-order valence-electron chi connectivity index (χ4n) is 2.83. The predicted molar refractivity (Wildman–Crippen MR) is 112 cm³/mol. The van der Waals surface area contributed by atoms with E-state index in [1.54, 1.807) is 42.1 Å². The molecule has 1 aromatic heterocycles. The van der Waals surface area contributed by atoms with Gasteiger partial charge >= 0.3 is 5.97 Å². The number of ether oxygens (including phenoxy) is 2. The summed E-state index contributed by atoms with van der Waals surface area (Å²) in [5, 5.41) is 5.20. The van der Waals surface area contributed by atoms with E-state index < -0.39 is 5.97 Å². The van der Waals surface area contributed by atoms with Crippen LogP contribution in [0.1, 0.15) is 10.4 Å². The van der Waals surface area contributed by atoms with Crippen LogP contribution in [0.3, 0.4) is 0 Å². The summed E-state index contributed by atoms with van der Waals surface area (Å²) in [5.74, 6) is 0.550. The van der Waals surface area contributed by atoms with Gasteiger partial charge in [-0.05, 0) is 48.5 Å². The minimum atomic E-state index is -0.490. The van der Waals surface area contributed by atoms with E-state index in [0.29, 0.717) is 22.2 Å². The minimum Gasteiger partial charge on any atom is -0.497 e. The Balaban J connectivity index is 1.73. The Labute approximate surface area is 173 Å². The molecule has 0 aliphatic heterocycles. The van der Waals surface area contributed by atoms with Crippen LogP contribution in [0.15, 0.2) is 84.9 Å². The van der Waals surface area contributed by atoms with Crippen LogP contribution in [0.4, 0.5) is 0 Å². The summed E-state index contributed by atoms with van der Waals surface area (Å²) in [6, 6.07) is 25.3. The lowest BCUT2D eigenvalue weighted by Crippen LogP contribution is -2.11. The van der Waals surface area contributed by atoms with Crippen molar-refractivity contribution < 1.29 is 14.3 Å². The van der Waals surface area contributed by atoms with Crippen molar-refractivity contribution >= 4 is 17.6 Å². The number of benzene rings is 3. The number of rotatable bonds is 5. The molecule has 4 aromatic rings. The summed E-state index contributed by atoms with van der Waals surface area (Å²) < 4.78 is 12.5. The fraction of sp³-hybridized carbons (Fsp3) is 0.0435. The molecular formula is C23H17ClN2O3. The van der Waals surface area contributed by atoms with Gasteiger partial charge in [0.1, 0.15) is 5.75 Å². The quantitative estimate of drug-likeness (QED) is 0.417. The zero-order valence-electron chi connectivity index (χ0n) is 15.6. The zero-order chi connectivity index (χ0) is 20.2. The van der Waals surface area contributed by atoms with Gasteiger partial charge in [0.25, 0.3) is 0 Å². The second-order valence-corrected chi connectivity index (χ2v) is 6.68. The first-order chi connectivity index (χ1) is 14.1. The Bertz CT molecular complexity index is 1120. The standard InChI is InChI=1S/C23H17ClN2O3/c1-28-20-13-11-19(12-14-20)26-22(15-21(25-26)16-5-3-2-4-6-16)29-23(27)17-7-9-18(24)10-8-17/h2-15H,1H3. The summed E-state index contributed by atoms with van der Waals surface area (Å²) in [6.07, 6.45) is 0. The average molecular weight is 405 g/mol. The van der Waals surface area contributed by atoms with E-state index in [-0.39, 0.29) is 0 Å². The zero-order valence-corrected chi connectivity index (χ0v) is 16.3. The highest BCUT2D eigenvalue weighted by Gasteiger charge is 2.17. The van der Waals surface area contributed by atoms with E-state index in [0.717, 1.165) is 17.0 Å². The van der Waals surface area contributed by atoms with Gasteiger partial charge in [-0.2, -0.15) is 9.78 Å². The van der Waals surface area contributed by atoms with Crippen molar-refractivity contribution in [2.45, 2.75) is 0 Å². The molecule has 0 fully saturated rings. The lowest BCUT2D eigenvalue weighted by atomic mass is 10.2. The van der Waals surface area contributed by atoms with Gasteiger partial charge in [0.2, 0.25) is 5.88 Å². The first-order valence-electron chi connectivity index (χ1n) is 8.92. The molecule has 29 heavy (non-hydrogen) atoms. The Morgan fingerprint density at radius 1 is 0.931 bits per heavy atom. The number of aromatic nitrogens is 2. The third-order valence-electron chi connectivity index (χ3n) is 4.34. The monoisotopic (exact) mass is 404 g/mol. The lowest BCUT2D eigenvalue weighted by Gasteiger charge is -2.08. The number of esters is 1. The fourth-order valence-corrected chi connectivity index (χ4v) is 2.96. The molecule has 6 heteroatoms. The van der Waals surface area contributed by atoms with Gasteiger partial charge < -0.3 is 9.47 Å². The Kier molecular flexibility index (Phi) is 5.31. The summed E-state index contributed by atoms with van der Waals surface area (Å²) in [4.78, 5) is 12.6. The highest BCUT2D eigenvalue weighted by molar-refractivity contribution is 6.30. The highest BCUT2D eigenvalue weighted by atomic mass is 35.5. The number of hydrogen-bond acceptors (Lipinski definition) is 4. The molecule has 0 radical (unpaired) electrons. The smallest absolute Gasteiger partial charge is 0.344 e. The van der Waals surface area contributed by atoms with Crippen LogP contribution in [-0.4, -0.2) is 22.9 Å². The molecule has 0 atom stereocenters. The summed E-state index contributed by atoms with van der Waals surface area (Å²) >= 11 is 5.90. The normalized spacial score (nSPS) is 10.6. The van der Waals surface area contributed by atoms with Crippen LogP contribution >= 0.6 is 11.6 Å². The van der Waals surface area contributed by atoms with E-state index >= 15 is 0 Å². The van der Waals surface area contributed by atoms with Crippen LogP contribution in [-0.2, 0) is 0 Å². The maximum atomic E-state index is 12.6. The third kappa shape index (κ3) is 4.15. The van der Waals surface area contributed by atoms with Crippen LogP contribution in [0.25, 0.3) is 16.9 Å². The molecule has 1 heterocycles.